The first kappa shape index (κ1) is 39.2. The van der Waals surface area contributed by atoms with Crippen LogP contribution in [0, 0.1) is 0 Å². The average molecular weight is 740 g/mol. The molecule has 276 valence electrons. The van der Waals surface area contributed by atoms with Crippen molar-refractivity contribution in [1.29, 1.82) is 0 Å². The van der Waals surface area contributed by atoms with Crippen molar-refractivity contribution < 1.29 is 65.0 Å². The summed E-state index contributed by atoms with van der Waals surface area (Å²) in [5.41, 5.74) is -0.349. The van der Waals surface area contributed by atoms with Crippen molar-refractivity contribution in [2.24, 2.45) is 0 Å². The maximum Gasteiger partial charge on any atom is 0.347 e. The SMILES string of the molecule is CCOC(=O)C(=CN[C@@H]1O[C@H](COC(=O)c2ccccc2)[C@H](OS(C)(=O)=O)[C@H](OC(=O)c2ccccc2)[C@H]1OC(=O)c1ccccc1)C(=O)OCC. The van der Waals surface area contributed by atoms with E-state index < -0.39 is 82.8 Å². The van der Waals surface area contributed by atoms with Gasteiger partial charge in [-0.3, -0.25) is 4.18 Å². The van der Waals surface area contributed by atoms with E-state index in [1.54, 1.807) is 54.6 Å². The number of nitrogens with one attached hydrogen (secondary N) is 1. The molecule has 1 aliphatic rings. The maximum atomic E-state index is 13.5. The second-order valence-electron chi connectivity index (χ2n) is 11.0. The van der Waals surface area contributed by atoms with Gasteiger partial charge < -0.3 is 33.7 Å². The lowest BCUT2D eigenvalue weighted by Crippen LogP contribution is -2.65. The van der Waals surface area contributed by atoms with Gasteiger partial charge in [0.05, 0.1) is 36.2 Å². The minimum Gasteiger partial charge on any atom is -0.462 e. The van der Waals surface area contributed by atoms with Gasteiger partial charge in [-0.15, -0.1) is 0 Å². The maximum absolute atomic E-state index is 13.5. The number of ether oxygens (including phenoxy) is 6. The van der Waals surface area contributed by atoms with Crippen LogP contribution in [0.3, 0.4) is 0 Å². The zero-order valence-electron chi connectivity index (χ0n) is 28.4. The second kappa shape index (κ2) is 18.6. The number of rotatable bonds is 15. The Hall–Kier alpha value is -5.58. The molecule has 0 bridgehead atoms. The molecule has 0 spiro atoms. The lowest BCUT2D eigenvalue weighted by molar-refractivity contribution is -0.226. The molecule has 0 saturated carbocycles. The number of carbonyl (C=O) groups is 5. The predicted octanol–water partition coefficient (Wildman–Crippen LogP) is 2.96. The Labute approximate surface area is 299 Å². The molecule has 52 heavy (non-hydrogen) atoms. The summed E-state index contributed by atoms with van der Waals surface area (Å²) in [5, 5.41) is 2.68. The third kappa shape index (κ3) is 11.0. The van der Waals surface area contributed by atoms with E-state index in [0.717, 1.165) is 12.5 Å². The first-order valence-electron chi connectivity index (χ1n) is 16.0. The zero-order valence-corrected chi connectivity index (χ0v) is 29.2. The van der Waals surface area contributed by atoms with Crippen LogP contribution in [0.2, 0.25) is 0 Å². The largest absolute Gasteiger partial charge is 0.462 e. The van der Waals surface area contributed by atoms with Gasteiger partial charge in [0.25, 0.3) is 10.1 Å². The van der Waals surface area contributed by atoms with Gasteiger partial charge in [-0.25, -0.2) is 24.0 Å². The Kier molecular flexibility index (Phi) is 14.0. The summed E-state index contributed by atoms with van der Waals surface area (Å²) in [6, 6.07) is 23.2. The van der Waals surface area contributed by atoms with Crippen LogP contribution in [0.1, 0.15) is 44.9 Å². The third-order valence-corrected chi connectivity index (χ3v) is 7.77. The predicted molar refractivity (Wildman–Crippen MR) is 181 cm³/mol. The fourth-order valence-corrected chi connectivity index (χ4v) is 5.53. The summed E-state index contributed by atoms with van der Waals surface area (Å²) in [5.74, 6) is -4.87. The van der Waals surface area contributed by atoms with Gasteiger partial charge in [0.15, 0.2) is 24.0 Å². The van der Waals surface area contributed by atoms with Gasteiger partial charge in [-0.2, -0.15) is 8.42 Å². The number of hydrogen-bond acceptors (Lipinski definition) is 15. The second-order valence-corrected chi connectivity index (χ2v) is 12.6. The van der Waals surface area contributed by atoms with Gasteiger partial charge >= 0.3 is 29.8 Å². The first-order chi connectivity index (χ1) is 24.9. The van der Waals surface area contributed by atoms with E-state index in [0.29, 0.717) is 0 Å². The quantitative estimate of drug-likeness (QED) is 0.0596. The highest BCUT2D eigenvalue weighted by Crippen LogP contribution is 2.30. The summed E-state index contributed by atoms with van der Waals surface area (Å²) < 4.78 is 64.0. The average Bonchev–Trinajstić information content (AvgIpc) is 3.13. The molecule has 15 nitrogen and oxygen atoms in total. The normalized spacial score (nSPS) is 19.6. The fraction of sp³-hybridized carbons (Fsp3) is 0.306. The molecule has 0 radical (unpaired) electrons. The highest BCUT2D eigenvalue weighted by molar-refractivity contribution is 7.86. The van der Waals surface area contributed by atoms with Gasteiger partial charge in [0.2, 0.25) is 0 Å². The zero-order chi connectivity index (χ0) is 37.7. The van der Waals surface area contributed by atoms with Crippen molar-refractivity contribution in [3.8, 4) is 0 Å². The molecule has 1 aliphatic heterocycles. The van der Waals surface area contributed by atoms with Crippen LogP contribution in [0.15, 0.2) is 103 Å². The van der Waals surface area contributed by atoms with Crippen molar-refractivity contribution in [3.05, 3.63) is 119 Å². The molecule has 1 saturated heterocycles. The smallest absolute Gasteiger partial charge is 0.347 e. The van der Waals surface area contributed by atoms with Gasteiger partial charge in [-0.05, 0) is 50.2 Å². The van der Waals surface area contributed by atoms with Crippen LogP contribution in [-0.4, -0.2) is 95.0 Å². The monoisotopic (exact) mass is 739 g/mol. The summed E-state index contributed by atoms with van der Waals surface area (Å²) in [7, 11) is -4.37. The van der Waals surface area contributed by atoms with Crippen LogP contribution in [0.4, 0.5) is 0 Å². The van der Waals surface area contributed by atoms with Crippen LogP contribution in [0.25, 0.3) is 0 Å². The van der Waals surface area contributed by atoms with Crippen molar-refractivity contribution >= 4 is 40.0 Å². The molecule has 0 aliphatic carbocycles. The van der Waals surface area contributed by atoms with Crippen molar-refractivity contribution in [3.63, 3.8) is 0 Å². The Balaban J connectivity index is 1.83. The Morgan fingerprint density at radius 1 is 0.654 bits per heavy atom. The molecular weight excluding hydrogens is 702 g/mol. The van der Waals surface area contributed by atoms with E-state index in [4.69, 9.17) is 32.6 Å². The molecule has 5 atom stereocenters. The number of hydrogen-bond donors (Lipinski definition) is 1. The van der Waals surface area contributed by atoms with Gasteiger partial charge in [0, 0.05) is 6.20 Å². The topological polar surface area (TPSA) is 196 Å². The van der Waals surface area contributed by atoms with Gasteiger partial charge in [-0.1, -0.05) is 54.6 Å². The number of benzene rings is 3. The highest BCUT2D eigenvalue weighted by atomic mass is 32.2. The molecule has 0 unspecified atom stereocenters. The van der Waals surface area contributed by atoms with E-state index >= 15 is 0 Å². The van der Waals surface area contributed by atoms with Crippen LogP contribution in [0.5, 0.6) is 0 Å². The van der Waals surface area contributed by atoms with Crippen LogP contribution >= 0.6 is 0 Å². The minimum absolute atomic E-state index is 0.0450. The Bertz CT molecular complexity index is 1810. The lowest BCUT2D eigenvalue weighted by atomic mass is 9.97. The molecule has 0 amide bonds. The van der Waals surface area contributed by atoms with Gasteiger partial charge in [0.1, 0.15) is 18.8 Å². The molecule has 4 rings (SSSR count). The molecule has 3 aromatic carbocycles. The molecule has 1 fully saturated rings. The molecule has 1 N–H and O–H groups in total. The minimum atomic E-state index is -4.37. The van der Waals surface area contributed by atoms with Crippen molar-refractivity contribution in [2.75, 3.05) is 26.1 Å². The third-order valence-electron chi connectivity index (χ3n) is 7.20. The molecule has 16 heteroatoms. The van der Waals surface area contributed by atoms with E-state index in [2.05, 4.69) is 5.32 Å². The van der Waals surface area contributed by atoms with Crippen LogP contribution in [-0.2, 0) is 52.3 Å². The summed E-state index contributed by atoms with van der Waals surface area (Å²) in [4.78, 5) is 65.5. The standard InChI is InChI=1S/C36H37NO14S/c1-4-45-35(41)26(36(42)46-5-2)21-37-31-30(50-34(40)25-19-13-8-14-20-25)29(49-33(39)24-17-11-7-12-18-24)28(51-52(3,43)44)27(48-31)22-47-32(38)23-15-9-6-10-16-23/h6-21,27-31,37H,4-5,22H2,1-3H3/t27-,28+,29+,30-,31-/m1/s1. The molecular formula is C36H37NO14S. The summed E-state index contributed by atoms with van der Waals surface area (Å²) in [6.07, 6.45) is -6.85. The fourth-order valence-electron chi connectivity index (χ4n) is 4.90. The van der Waals surface area contributed by atoms with Crippen molar-refractivity contribution in [1.82, 2.24) is 5.32 Å². The van der Waals surface area contributed by atoms with E-state index in [1.165, 1.54) is 50.2 Å². The van der Waals surface area contributed by atoms with E-state index in [1.807, 2.05) is 0 Å². The van der Waals surface area contributed by atoms with Crippen LogP contribution < -0.4 is 5.32 Å². The number of carbonyl (C=O) groups excluding carboxylic acids is 5. The Morgan fingerprint density at radius 3 is 1.54 bits per heavy atom. The first-order valence-corrected chi connectivity index (χ1v) is 17.8. The summed E-state index contributed by atoms with van der Waals surface area (Å²) in [6.45, 7) is 2.18. The highest BCUT2D eigenvalue weighted by Gasteiger charge is 2.53. The van der Waals surface area contributed by atoms with E-state index in [9.17, 15) is 32.4 Å². The molecule has 0 aromatic heterocycles. The molecule has 1 heterocycles. The lowest BCUT2D eigenvalue weighted by Gasteiger charge is -2.44. The van der Waals surface area contributed by atoms with E-state index in [-0.39, 0.29) is 29.9 Å². The number of esters is 5. The summed E-state index contributed by atoms with van der Waals surface area (Å²) >= 11 is 0. The Morgan fingerprint density at radius 2 is 1.10 bits per heavy atom. The molecule has 3 aromatic rings. The van der Waals surface area contributed by atoms with Crippen molar-refractivity contribution in [2.45, 2.75) is 44.5 Å².